The Bertz CT molecular complexity index is 862. The normalized spacial score (nSPS) is 11.1. The second-order valence-electron chi connectivity index (χ2n) is 4.19. The molecule has 0 radical (unpaired) electrons. The Morgan fingerprint density at radius 3 is 3.00 bits per heavy atom. The lowest BCUT2D eigenvalue weighted by molar-refractivity contribution is 0.112. The van der Waals surface area contributed by atoms with Gasteiger partial charge in [0.05, 0.1) is 5.39 Å². The van der Waals surface area contributed by atoms with E-state index in [-0.39, 0.29) is 21.8 Å². The predicted octanol–water partition coefficient (Wildman–Crippen LogP) is 2.55. The average molecular weight is 292 g/mol. The van der Waals surface area contributed by atoms with Gasteiger partial charge in [-0.15, -0.1) is 0 Å². The first-order valence-corrected chi connectivity index (χ1v) is 6.77. The first-order valence-electron chi connectivity index (χ1n) is 5.89. The minimum absolute atomic E-state index is 0.0641. The van der Waals surface area contributed by atoms with Crippen LogP contribution in [-0.4, -0.2) is 16.0 Å². The largest absolute Gasteiger partial charge is 0.351 e. The highest BCUT2D eigenvalue weighted by atomic mass is 32.1. The molecule has 0 N–H and O–H groups in total. The third-order valence-electron chi connectivity index (χ3n) is 3.01. The first-order chi connectivity index (χ1) is 9.65. The molecule has 0 atom stereocenters. The maximum atomic E-state index is 13.8. The summed E-state index contributed by atoms with van der Waals surface area (Å²) in [4.78, 5) is 22.5. The van der Waals surface area contributed by atoms with Gasteiger partial charge in [0.15, 0.2) is 11.6 Å². The Kier molecular flexibility index (Phi) is 2.98. The molecule has 7 heteroatoms. The fraction of sp³-hybridized carbons (Fsp3) is 0.154. The van der Waals surface area contributed by atoms with Crippen molar-refractivity contribution in [3.63, 3.8) is 0 Å². The van der Waals surface area contributed by atoms with Gasteiger partial charge in [0.2, 0.25) is 5.58 Å². The number of halogens is 1. The van der Waals surface area contributed by atoms with Crippen molar-refractivity contribution in [3.8, 4) is 5.82 Å². The summed E-state index contributed by atoms with van der Waals surface area (Å²) < 4.78 is 20.1. The zero-order valence-corrected chi connectivity index (χ0v) is 11.2. The average Bonchev–Trinajstić information content (AvgIpc) is 3.01. The third-order valence-corrected chi connectivity index (χ3v) is 3.78. The third kappa shape index (κ3) is 1.78. The fourth-order valence-corrected chi connectivity index (χ4v) is 2.86. The van der Waals surface area contributed by atoms with Gasteiger partial charge in [-0.1, -0.05) is 23.4 Å². The molecule has 1 aromatic carbocycles. The fourth-order valence-electron chi connectivity index (χ4n) is 2.05. The number of aromatic nitrogens is 2. The topological polar surface area (TPSA) is 65.1 Å². The second kappa shape index (κ2) is 4.68. The van der Waals surface area contributed by atoms with Gasteiger partial charge in [0, 0.05) is 16.6 Å². The zero-order valence-electron chi connectivity index (χ0n) is 10.4. The SMILES string of the molecule is CCc1csc(=O)n1-c1noc2c(F)cc(C=O)cc12. The highest BCUT2D eigenvalue weighted by Gasteiger charge is 2.18. The van der Waals surface area contributed by atoms with Gasteiger partial charge >= 0.3 is 4.87 Å². The number of hydrogen-bond donors (Lipinski definition) is 0. The van der Waals surface area contributed by atoms with E-state index in [4.69, 9.17) is 4.52 Å². The van der Waals surface area contributed by atoms with E-state index in [0.717, 1.165) is 23.1 Å². The van der Waals surface area contributed by atoms with Crippen LogP contribution in [0.25, 0.3) is 16.8 Å². The van der Waals surface area contributed by atoms with Crippen molar-refractivity contribution < 1.29 is 13.7 Å². The van der Waals surface area contributed by atoms with Crippen molar-refractivity contribution in [2.45, 2.75) is 13.3 Å². The summed E-state index contributed by atoms with van der Waals surface area (Å²) >= 11 is 1.04. The lowest BCUT2D eigenvalue weighted by Crippen LogP contribution is -2.14. The van der Waals surface area contributed by atoms with Gasteiger partial charge in [-0.25, -0.2) is 4.39 Å². The van der Waals surface area contributed by atoms with Gasteiger partial charge in [0.1, 0.15) is 6.29 Å². The van der Waals surface area contributed by atoms with Crippen LogP contribution in [-0.2, 0) is 6.42 Å². The molecule has 0 aliphatic heterocycles. The Hall–Kier alpha value is -2.28. The van der Waals surface area contributed by atoms with Crippen molar-refractivity contribution in [2.24, 2.45) is 0 Å². The Morgan fingerprint density at radius 2 is 2.30 bits per heavy atom. The van der Waals surface area contributed by atoms with Crippen LogP contribution in [0, 0.1) is 5.82 Å². The highest BCUT2D eigenvalue weighted by molar-refractivity contribution is 7.07. The molecule has 0 saturated carbocycles. The van der Waals surface area contributed by atoms with Crippen molar-refractivity contribution in [2.75, 3.05) is 0 Å². The summed E-state index contributed by atoms with van der Waals surface area (Å²) in [7, 11) is 0. The smallest absolute Gasteiger partial charge is 0.313 e. The standard InChI is InChI=1S/C13H9FN2O3S/c1-2-8-6-20-13(18)16(8)12-9-3-7(5-17)4-10(14)11(9)19-15-12/h3-6H,2H2,1H3. The first kappa shape index (κ1) is 12.7. The van der Waals surface area contributed by atoms with Crippen LogP contribution in [0.2, 0.25) is 0 Å². The quantitative estimate of drug-likeness (QED) is 0.696. The van der Waals surface area contributed by atoms with E-state index in [9.17, 15) is 14.0 Å². The summed E-state index contributed by atoms with van der Waals surface area (Å²) in [6.07, 6.45) is 1.17. The van der Waals surface area contributed by atoms with Crippen molar-refractivity contribution in [1.29, 1.82) is 0 Å². The van der Waals surface area contributed by atoms with Crippen molar-refractivity contribution in [3.05, 3.63) is 44.3 Å². The summed E-state index contributed by atoms with van der Waals surface area (Å²) in [5, 5.41) is 5.81. The summed E-state index contributed by atoms with van der Waals surface area (Å²) in [6, 6.07) is 2.53. The number of nitrogens with zero attached hydrogens (tertiary/aromatic N) is 2. The predicted molar refractivity (Wildman–Crippen MR) is 72.2 cm³/mol. The van der Waals surface area contributed by atoms with Gasteiger partial charge in [-0.2, -0.15) is 0 Å². The van der Waals surface area contributed by atoms with Gasteiger partial charge < -0.3 is 4.52 Å². The van der Waals surface area contributed by atoms with Crippen LogP contribution in [0.5, 0.6) is 0 Å². The molecule has 0 unspecified atom stereocenters. The Morgan fingerprint density at radius 1 is 1.50 bits per heavy atom. The second-order valence-corrected chi connectivity index (χ2v) is 5.01. The minimum Gasteiger partial charge on any atom is -0.351 e. The number of carbonyl (C=O) groups is 1. The van der Waals surface area contributed by atoms with Gasteiger partial charge in [0.25, 0.3) is 0 Å². The van der Waals surface area contributed by atoms with E-state index < -0.39 is 5.82 Å². The van der Waals surface area contributed by atoms with E-state index >= 15 is 0 Å². The van der Waals surface area contributed by atoms with Crippen LogP contribution in [0.15, 0.2) is 26.8 Å². The number of benzene rings is 1. The summed E-state index contributed by atoms with van der Waals surface area (Å²) in [6.45, 7) is 1.90. The number of aldehydes is 1. The molecular weight excluding hydrogens is 283 g/mol. The molecule has 2 heterocycles. The van der Waals surface area contributed by atoms with Gasteiger partial charge in [-0.3, -0.25) is 14.2 Å². The maximum absolute atomic E-state index is 13.8. The molecule has 3 rings (SSSR count). The molecule has 0 aliphatic carbocycles. The lowest BCUT2D eigenvalue weighted by atomic mass is 10.1. The van der Waals surface area contributed by atoms with Crippen LogP contribution in [0.4, 0.5) is 4.39 Å². The lowest BCUT2D eigenvalue weighted by Gasteiger charge is -2.01. The molecule has 102 valence electrons. The monoisotopic (exact) mass is 292 g/mol. The molecule has 0 spiro atoms. The zero-order chi connectivity index (χ0) is 14.3. The number of thiazole rings is 1. The number of rotatable bonds is 3. The maximum Gasteiger partial charge on any atom is 0.313 e. The number of carbonyl (C=O) groups excluding carboxylic acids is 1. The van der Waals surface area contributed by atoms with Crippen molar-refractivity contribution in [1.82, 2.24) is 9.72 Å². The van der Waals surface area contributed by atoms with Gasteiger partial charge in [-0.05, 0) is 18.6 Å². The Balaban J connectivity index is 2.37. The molecule has 0 bridgehead atoms. The summed E-state index contributed by atoms with van der Waals surface area (Å²) in [5.74, 6) is -0.463. The van der Waals surface area contributed by atoms with Crippen LogP contribution in [0.1, 0.15) is 23.0 Å². The minimum atomic E-state index is -0.676. The highest BCUT2D eigenvalue weighted by Crippen LogP contribution is 2.26. The van der Waals surface area contributed by atoms with Crippen molar-refractivity contribution >= 4 is 28.6 Å². The molecule has 5 nitrogen and oxygen atoms in total. The molecule has 0 amide bonds. The molecule has 20 heavy (non-hydrogen) atoms. The Labute approximate surface area is 116 Å². The van der Waals surface area contributed by atoms with E-state index in [0.29, 0.717) is 18.1 Å². The summed E-state index contributed by atoms with van der Waals surface area (Å²) in [5.41, 5.74) is 0.860. The molecule has 0 fully saturated rings. The van der Waals surface area contributed by atoms with Crippen LogP contribution < -0.4 is 4.87 Å². The van der Waals surface area contributed by atoms with Crippen LogP contribution in [0.3, 0.4) is 0 Å². The van der Waals surface area contributed by atoms with E-state index in [2.05, 4.69) is 5.16 Å². The van der Waals surface area contributed by atoms with E-state index in [1.807, 2.05) is 6.92 Å². The van der Waals surface area contributed by atoms with Crippen LogP contribution >= 0.6 is 11.3 Å². The molecule has 0 saturated heterocycles. The number of hydrogen-bond acceptors (Lipinski definition) is 5. The number of fused-ring (bicyclic) bond motifs is 1. The molecule has 3 aromatic rings. The van der Waals surface area contributed by atoms with E-state index in [1.165, 1.54) is 10.6 Å². The molecule has 2 aromatic heterocycles. The molecule has 0 aliphatic rings. The van der Waals surface area contributed by atoms with E-state index in [1.54, 1.807) is 5.38 Å². The number of aryl methyl sites for hydroxylation is 1. The molecular formula is C13H9FN2O3S.